The Kier molecular flexibility index (Phi) is 4.42. The van der Waals surface area contributed by atoms with Crippen LogP contribution in [0.1, 0.15) is 43.6 Å². The zero-order valence-corrected chi connectivity index (χ0v) is 11.2. The van der Waals surface area contributed by atoms with Gasteiger partial charge in [0.2, 0.25) is 0 Å². The van der Waals surface area contributed by atoms with Gasteiger partial charge < -0.3 is 9.69 Å². The first-order valence-electron chi connectivity index (χ1n) is 6.65. The van der Waals surface area contributed by atoms with Crippen molar-refractivity contribution in [2.45, 2.75) is 38.5 Å². The van der Waals surface area contributed by atoms with Gasteiger partial charge in [-0.1, -0.05) is 0 Å². The van der Waals surface area contributed by atoms with Crippen LogP contribution >= 0.6 is 0 Å². The highest BCUT2D eigenvalue weighted by Gasteiger charge is 2.19. The summed E-state index contributed by atoms with van der Waals surface area (Å²) in [6.45, 7) is 3.88. The molecular weight excluding hydrogens is 226 g/mol. The largest absolute Gasteiger partial charge is 0.306 e. The highest BCUT2D eigenvalue weighted by atomic mass is 16.1. The van der Waals surface area contributed by atoms with Gasteiger partial charge in [0, 0.05) is 30.7 Å². The van der Waals surface area contributed by atoms with Crippen LogP contribution in [0.3, 0.4) is 0 Å². The van der Waals surface area contributed by atoms with Crippen LogP contribution in [0.2, 0.25) is 0 Å². The Balaban J connectivity index is 2.00. The number of aromatic nitrogens is 2. The molecule has 2 rings (SSSR count). The third-order valence-corrected chi connectivity index (χ3v) is 3.56. The van der Waals surface area contributed by atoms with E-state index in [2.05, 4.69) is 21.9 Å². The Bertz CT molecular complexity index is 411. The van der Waals surface area contributed by atoms with Gasteiger partial charge in [0.1, 0.15) is 11.6 Å². The van der Waals surface area contributed by atoms with Gasteiger partial charge >= 0.3 is 0 Å². The second kappa shape index (κ2) is 6.05. The van der Waals surface area contributed by atoms with Crippen LogP contribution in [0, 0.1) is 0 Å². The minimum absolute atomic E-state index is 0.197. The van der Waals surface area contributed by atoms with Crippen molar-refractivity contribution in [3.63, 3.8) is 0 Å². The summed E-state index contributed by atoms with van der Waals surface area (Å²) in [5, 5.41) is 0. The predicted molar refractivity (Wildman–Crippen MR) is 70.5 cm³/mol. The van der Waals surface area contributed by atoms with Crippen LogP contribution in [0.25, 0.3) is 0 Å². The lowest BCUT2D eigenvalue weighted by Gasteiger charge is -2.28. The lowest BCUT2D eigenvalue weighted by Crippen LogP contribution is -2.29. The molecular formula is C14H21N3O. The second-order valence-electron chi connectivity index (χ2n) is 5.18. The molecule has 1 aliphatic rings. The van der Waals surface area contributed by atoms with E-state index in [-0.39, 0.29) is 5.78 Å². The number of carbonyl (C=O) groups is 1. The predicted octanol–water partition coefficient (Wildman–Crippen LogP) is 1.81. The molecule has 0 unspecified atom stereocenters. The summed E-state index contributed by atoms with van der Waals surface area (Å²) in [4.78, 5) is 22.2. The monoisotopic (exact) mass is 247 g/mol. The molecule has 98 valence electrons. The average molecular weight is 247 g/mol. The van der Waals surface area contributed by atoms with Gasteiger partial charge in [0.05, 0.1) is 0 Å². The fraction of sp³-hybridized carbons (Fsp3) is 0.643. The second-order valence-corrected chi connectivity index (χ2v) is 5.18. The molecule has 2 heterocycles. The van der Waals surface area contributed by atoms with Gasteiger partial charge in [-0.25, -0.2) is 9.97 Å². The van der Waals surface area contributed by atoms with Crippen LogP contribution in [-0.4, -0.2) is 40.8 Å². The van der Waals surface area contributed by atoms with Crippen molar-refractivity contribution in [2.75, 3.05) is 20.1 Å². The fourth-order valence-electron chi connectivity index (χ4n) is 2.35. The Hall–Kier alpha value is -1.29. The van der Waals surface area contributed by atoms with Crippen molar-refractivity contribution in [2.24, 2.45) is 0 Å². The highest BCUT2D eigenvalue weighted by Crippen LogP contribution is 2.25. The van der Waals surface area contributed by atoms with Crippen molar-refractivity contribution in [1.82, 2.24) is 14.9 Å². The summed E-state index contributed by atoms with van der Waals surface area (Å²) in [6, 6.07) is 2.02. The molecule has 0 radical (unpaired) electrons. The van der Waals surface area contributed by atoms with E-state index >= 15 is 0 Å². The van der Waals surface area contributed by atoms with Gasteiger partial charge in [-0.05, 0) is 46.0 Å². The minimum Gasteiger partial charge on any atom is -0.306 e. The number of aryl methyl sites for hydroxylation is 1. The van der Waals surface area contributed by atoms with Gasteiger partial charge in [-0.2, -0.15) is 0 Å². The average Bonchev–Trinajstić information content (AvgIpc) is 2.37. The van der Waals surface area contributed by atoms with Crippen molar-refractivity contribution in [3.05, 3.63) is 23.8 Å². The van der Waals surface area contributed by atoms with E-state index in [9.17, 15) is 4.79 Å². The van der Waals surface area contributed by atoms with Crippen LogP contribution in [-0.2, 0) is 11.2 Å². The maximum absolute atomic E-state index is 11.0. The summed E-state index contributed by atoms with van der Waals surface area (Å²) < 4.78 is 0. The maximum atomic E-state index is 11.0. The zero-order valence-electron chi connectivity index (χ0n) is 11.2. The smallest absolute Gasteiger partial charge is 0.130 e. The lowest BCUT2D eigenvalue weighted by molar-refractivity contribution is -0.117. The zero-order chi connectivity index (χ0) is 13.0. The summed E-state index contributed by atoms with van der Waals surface area (Å²) in [5.41, 5.74) is 1.15. The van der Waals surface area contributed by atoms with Crippen LogP contribution in [0.5, 0.6) is 0 Å². The quantitative estimate of drug-likeness (QED) is 0.814. The Morgan fingerprint density at radius 1 is 1.44 bits per heavy atom. The molecule has 0 saturated carbocycles. The first-order valence-corrected chi connectivity index (χ1v) is 6.65. The van der Waals surface area contributed by atoms with E-state index in [1.54, 1.807) is 6.92 Å². The van der Waals surface area contributed by atoms with Gasteiger partial charge in [-0.15, -0.1) is 0 Å². The Morgan fingerprint density at radius 3 is 2.83 bits per heavy atom. The molecule has 0 atom stereocenters. The molecule has 0 bridgehead atoms. The molecule has 1 aromatic heterocycles. The van der Waals surface area contributed by atoms with Crippen LogP contribution < -0.4 is 0 Å². The van der Waals surface area contributed by atoms with Gasteiger partial charge in [-0.3, -0.25) is 0 Å². The Labute approximate surface area is 108 Å². The molecule has 0 N–H and O–H groups in total. The summed E-state index contributed by atoms with van der Waals surface area (Å²) in [7, 11) is 2.16. The van der Waals surface area contributed by atoms with E-state index in [0.29, 0.717) is 18.8 Å². The first kappa shape index (κ1) is 13.1. The molecule has 1 saturated heterocycles. The molecule has 0 amide bonds. The third-order valence-electron chi connectivity index (χ3n) is 3.56. The first-order chi connectivity index (χ1) is 8.65. The highest BCUT2D eigenvalue weighted by molar-refractivity contribution is 5.75. The lowest BCUT2D eigenvalue weighted by atomic mass is 9.93. The SMILES string of the molecule is CC(=O)CCc1nccc(C2CCN(C)CC2)n1. The van der Waals surface area contributed by atoms with Crippen molar-refractivity contribution in [3.8, 4) is 0 Å². The van der Waals surface area contributed by atoms with Crippen LogP contribution in [0.15, 0.2) is 12.3 Å². The van der Waals surface area contributed by atoms with E-state index in [1.165, 1.54) is 12.8 Å². The molecule has 1 fully saturated rings. The van der Waals surface area contributed by atoms with E-state index in [1.807, 2.05) is 12.3 Å². The number of carbonyl (C=O) groups excluding carboxylic acids is 1. The van der Waals surface area contributed by atoms with Crippen LogP contribution in [0.4, 0.5) is 0 Å². The topological polar surface area (TPSA) is 46.1 Å². The standard InChI is InChI=1S/C14H21N3O/c1-11(18)3-4-14-15-8-5-13(16-14)12-6-9-17(2)10-7-12/h5,8,12H,3-4,6-7,9-10H2,1-2H3. The summed E-state index contributed by atoms with van der Waals surface area (Å²) >= 11 is 0. The van der Waals surface area contributed by atoms with E-state index in [0.717, 1.165) is 24.6 Å². The molecule has 1 aliphatic heterocycles. The van der Waals surface area contributed by atoms with E-state index in [4.69, 9.17) is 0 Å². The normalized spacial score (nSPS) is 17.9. The molecule has 4 heteroatoms. The molecule has 0 aliphatic carbocycles. The number of hydrogen-bond acceptors (Lipinski definition) is 4. The molecule has 18 heavy (non-hydrogen) atoms. The minimum atomic E-state index is 0.197. The third kappa shape index (κ3) is 3.60. The number of Topliss-reactive ketones (excluding diaryl/α,β-unsaturated/α-hetero) is 1. The number of piperidine rings is 1. The summed E-state index contributed by atoms with van der Waals surface area (Å²) in [5.74, 6) is 1.56. The van der Waals surface area contributed by atoms with Crippen molar-refractivity contribution >= 4 is 5.78 Å². The van der Waals surface area contributed by atoms with Crippen molar-refractivity contribution in [1.29, 1.82) is 0 Å². The summed E-state index contributed by atoms with van der Waals surface area (Å²) in [6.07, 6.45) is 5.36. The number of ketones is 1. The number of rotatable bonds is 4. The van der Waals surface area contributed by atoms with Gasteiger partial charge in [0.15, 0.2) is 0 Å². The number of hydrogen-bond donors (Lipinski definition) is 0. The Morgan fingerprint density at radius 2 is 2.17 bits per heavy atom. The number of nitrogens with zero attached hydrogens (tertiary/aromatic N) is 3. The fourth-order valence-corrected chi connectivity index (χ4v) is 2.35. The maximum Gasteiger partial charge on any atom is 0.130 e. The molecule has 1 aromatic rings. The molecule has 0 aromatic carbocycles. The van der Waals surface area contributed by atoms with Gasteiger partial charge in [0.25, 0.3) is 0 Å². The van der Waals surface area contributed by atoms with Crippen molar-refractivity contribution < 1.29 is 4.79 Å². The van der Waals surface area contributed by atoms with E-state index < -0.39 is 0 Å². The number of likely N-dealkylation sites (tertiary alicyclic amines) is 1. The molecule has 4 nitrogen and oxygen atoms in total. The molecule has 0 spiro atoms.